The number of ether oxygens (including phenoxy) is 1. The van der Waals surface area contributed by atoms with Crippen molar-refractivity contribution in [2.75, 3.05) is 5.32 Å². The lowest BCUT2D eigenvalue weighted by Gasteiger charge is -2.05. The van der Waals surface area contributed by atoms with Crippen molar-refractivity contribution in [1.82, 2.24) is 9.78 Å². The SMILES string of the molecule is O=C(Nc1cnn(Cc2c(F)cccc2Cl)c1)c1ccc(COc2ccc([N+](=O)[O-])cc2)o1. The van der Waals surface area contributed by atoms with Crippen LogP contribution in [0.3, 0.4) is 0 Å². The quantitative estimate of drug-likeness (QED) is 0.284. The fourth-order valence-electron chi connectivity index (χ4n) is 2.95. The van der Waals surface area contributed by atoms with Crippen LogP contribution in [0.5, 0.6) is 5.75 Å². The van der Waals surface area contributed by atoms with E-state index in [0.717, 1.165) is 0 Å². The summed E-state index contributed by atoms with van der Waals surface area (Å²) in [5.74, 6) is -0.0707. The Morgan fingerprint density at radius 2 is 2.00 bits per heavy atom. The van der Waals surface area contributed by atoms with Gasteiger partial charge in [0.2, 0.25) is 0 Å². The number of carbonyl (C=O) groups is 1. The van der Waals surface area contributed by atoms with E-state index < -0.39 is 16.6 Å². The van der Waals surface area contributed by atoms with Gasteiger partial charge in [-0.15, -0.1) is 0 Å². The maximum absolute atomic E-state index is 14.0. The number of amides is 1. The molecule has 0 aliphatic carbocycles. The molecule has 1 N–H and O–H groups in total. The Morgan fingerprint density at radius 3 is 2.73 bits per heavy atom. The lowest BCUT2D eigenvalue weighted by Crippen LogP contribution is -2.10. The van der Waals surface area contributed by atoms with Crippen molar-refractivity contribution in [3.63, 3.8) is 0 Å². The molecule has 0 aliphatic heterocycles. The first-order valence-corrected chi connectivity index (χ1v) is 9.99. The van der Waals surface area contributed by atoms with Gasteiger partial charge in [0.15, 0.2) is 5.76 Å². The van der Waals surface area contributed by atoms with Crippen molar-refractivity contribution in [3.05, 3.63) is 105 Å². The van der Waals surface area contributed by atoms with Crippen LogP contribution in [0.1, 0.15) is 21.9 Å². The van der Waals surface area contributed by atoms with Crippen LogP contribution in [0.4, 0.5) is 15.8 Å². The molecule has 0 atom stereocenters. The van der Waals surface area contributed by atoms with Crippen LogP contribution in [-0.2, 0) is 13.2 Å². The molecule has 0 spiro atoms. The standard InChI is InChI=1S/C22H16ClFN4O5/c23-19-2-1-3-20(24)18(19)12-27-11-14(10-25-27)26-22(29)21-9-8-17(33-21)13-32-16-6-4-15(5-7-16)28(30)31/h1-11H,12-13H2,(H,26,29). The predicted molar refractivity (Wildman–Crippen MR) is 117 cm³/mol. The van der Waals surface area contributed by atoms with E-state index in [4.69, 9.17) is 20.8 Å². The minimum Gasteiger partial charge on any atom is -0.486 e. The van der Waals surface area contributed by atoms with E-state index in [1.165, 1.54) is 53.3 Å². The number of halogens is 2. The summed E-state index contributed by atoms with van der Waals surface area (Å²) in [4.78, 5) is 22.6. The zero-order chi connectivity index (χ0) is 23.4. The molecule has 0 bridgehead atoms. The summed E-state index contributed by atoms with van der Waals surface area (Å²) in [5, 5.41) is 17.7. The van der Waals surface area contributed by atoms with Crippen molar-refractivity contribution in [3.8, 4) is 5.75 Å². The second-order valence-corrected chi connectivity index (χ2v) is 7.29. The maximum atomic E-state index is 14.0. The fraction of sp³-hybridized carbons (Fsp3) is 0.0909. The molecule has 0 aliphatic rings. The number of non-ortho nitro benzene ring substituents is 1. The highest BCUT2D eigenvalue weighted by Crippen LogP contribution is 2.21. The second kappa shape index (κ2) is 9.53. The topological polar surface area (TPSA) is 112 Å². The number of nitro benzene ring substituents is 1. The van der Waals surface area contributed by atoms with Gasteiger partial charge < -0.3 is 14.5 Å². The smallest absolute Gasteiger partial charge is 0.291 e. The summed E-state index contributed by atoms with van der Waals surface area (Å²) in [5.41, 5.74) is 0.649. The highest BCUT2D eigenvalue weighted by molar-refractivity contribution is 6.31. The third-order valence-corrected chi connectivity index (χ3v) is 4.94. The zero-order valence-corrected chi connectivity index (χ0v) is 17.7. The van der Waals surface area contributed by atoms with E-state index in [1.807, 2.05) is 0 Å². The molecule has 4 aromatic rings. The van der Waals surface area contributed by atoms with Gasteiger partial charge in [0.05, 0.1) is 23.4 Å². The van der Waals surface area contributed by atoms with Crippen LogP contribution in [0.2, 0.25) is 5.02 Å². The average Bonchev–Trinajstić information content (AvgIpc) is 3.45. The minimum atomic E-state index is -0.500. The fourth-order valence-corrected chi connectivity index (χ4v) is 3.17. The Kier molecular flexibility index (Phi) is 6.36. The molecule has 0 radical (unpaired) electrons. The molecule has 2 heterocycles. The molecule has 1 amide bonds. The van der Waals surface area contributed by atoms with Gasteiger partial charge in [0, 0.05) is 28.9 Å². The Labute approximate surface area is 191 Å². The van der Waals surface area contributed by atoms with Crippen LogP contribution < -0.4 is 10.1 Å². The number of rotatable bonds is 8. The van der Waals surface area contributed by atoms with Gasteiger partial charge in [0.25, 0.3) is 11.6 Å². The molecule has 0 saturated carbocycles. The monoisotopic (exact) mass is 470 g/mol. The zero-order valence-electron chi connectivity index (χ0n) is 16.9. The third kappa shape index (κ3) is 5.36. The van der Waals surface area contributed by atoms with Gasteiger partial charge in [-0.1, -0.05) is 17.7 Å². The van der Waals surface area contributed by atoms with Gasteiger partial charge in [-0.25, -0.2) is 4.39 Å². The predicted octanol–water partition coefficient (Wildman–Crippen LogP) is 5.06. The molecule has 0 unspecified atom stereocenters. The number of furan rings is 1. The van der Waals surface area contributed by atoms with Gasteiger partial charge in [-0.2, -0.15) is 5.10 Å². The van der Waals surface area contributed by atoms with Gasteiger partial charge in [0.1, 0.15) is 23.9 Å². The molecular formula is C22H16ClFN4O5. The summed E-state index contributed by atoms with van der Waals surface area (Å²) in [6.07, 6.45) is 2.97. The Hall–Kier alpha value is -4.18. The number of hydrogen-bond donors (Lipinski definition) is 1. The molecule has 4 rings (SSSR count). The van der Waals surface area contributed by atoms with Crippen LogP contribution >= 0.6 is 11.6 Å². The first-order chi connectivity index (χ1) is 15.9. The van der Waals surface area contributed by atoms with E-state index in [1.54, 1.807) is 18.3 Å². The molecular weight excluding hydrogens is 455 g/mol. The number of benzene rings is 2. The Balaban J connectivity index is 1.34. The summed E-state index contributed by atoms with van der Waals surface area (Å²) in [6, 6.07) is 13.1. The van der Waals surface area contributed by atoms with Gasteiger partial charge in [-0.3, -0.25) is 19.6 Å². The highest BCUT2D eigenvalue weighted by atomic mass is 35.5. The molecule has 2 aromatic heterocycles. The van der Waals surface area contributed by atoms with E-state index in [9.17, 15) is 19.3 Å². The molecule has 0 saturated heterocycles. The maximum Gasteiger partial charge on any atom is 0.291 e. The van der Waals surface area contributed by atoms with Crippen molar-refractivity contribution < 1.29 is 23.3 Å². The van der Waals surface area contributed by atoms with Crippen LogP contribution in [0, 0.1) is 15.9 Å². The Morgan fingerprint density at radius 1 is 1.21 bits per heavy atom. The molecule has 9 nitrogen and oxygen atoms in total. The summed E-state index contributed by atoms with van der Waals surface area (Å²) in [7, 11) is 0. The molecule has 33 heavy (non-hydrogen) atoms. The van der Waals surface area contributed by atoms with E-state index in [2.05, 4.69) is 10.4 Å². The lowest BCUT2D eigenvalue weighted by molar-refractivity contribution is -0.384. The third-order valence-electron chi connectivity index (χ3n) is 4.59. The first kappa shape index (κ1) is 22.0. The minimum absolute atomic E-state index is 0.0341. The van der Waals surface area contributed by atoms with Crippen LogP contribution in [-0.4, -0.2) is 20.6 Å². The second-order valence-electron chi connectivity index (χ2n) is 6.89. The van der Waals surface area contributed by atoms with Crippen LogP contribution in [0.25, 0.3) is 0 Å². The van der Waals surface area contributed by atoms with Gasteiger partial charge in [-0.05, 0) is 36.4 Å². The van der Waals surface area contributed by atoms with Crippen molar-refractivity contribution >= 4 is 28.9 Å². The molecule has 2 aromatic carbocycles. The number of anilines is 1. The van der Waals surface area contributed by atoms with Crippen LogP contribution in [0.15, 0.2) is 71.4 Å². The number of hydrogen-bond acceptors (Lipinski definition) is 6. The molecule has 0 fully saturated rings. The van der Waals surface area contributed by atoms with Crippen molar-refractivity contribution in [2.45, 2.75) is 13.2 Å². The largest absolute Gasteiger partial charge is 0.486 e. The van der Waals surface area contributed by atoms with Gasteiger partial charge >= 0.3 is 0 Å². The number of nitrogens with one attached hydrogen (secondary N) is 1. The van der Waals surface area contributed by atoms with Crippen molar-refractivity contribution in [2.24, 2.45) is 0 Å². The number of nitro groups is 1. The van der Waals surface area contributed by atoms with E-state index in [0.29, 0.717) is 22.8 Å². The first-order valence-electron chi connectivity index (χ1n) is 9.62. The highest BCUT2D eigenvalue weighted by Gasteiger charge is 2.14. The van der Waals surface area contributed by atoms with E-state index in [-0.39, 0.29) is 29.6 Å². The molecule has 11 heteroatoms. The summed E-state index contributed by atoms with van der Waals surface area (Å²) >= 11 is 6.04. The van der Waals surface area contributed by atoms with Crippen molar-refractivity contribution in [1.29, 1.82) is 0 Å². The molecule has 168 valence electrons. The number of nitrogens with zero attached hydrogens (tertiary/aromatic N) is 3. The average molecular weight is 471 g/mol. The lowest BCUT2D eigenvalue weighted by atomic mass is 10.2. The normalized spacial score (nSPS) is 10.7. The summed E-state index contributed by atoms with van der Waals surface area (Å²) < 4.78 is 26.4. The number of aromatic nitrogens is 2. The number of carbonyl (C=O) groups excluding carboxylic acids is 1. The Bertz CT molecular complexity index is 1280. The summed E-state index contributed by atoms with van der Waals surface area (Å²) in [6.45, 7) is 0.138. The van der Waals surface area contributed by atoms with E-state index >= 15 is 0 Å².